The summed E-state index contributed by atoms with van der Waals surface area (Å²) in [7, 11) is 0. The van der Waals surface area contributed by atoms with Gasteiger partial charge in [0.25, 0.3) is 0 Å². The molecule has 2 rings (SSSR count). The molecule has 1 aliphatic rings. The van der Waals surface area contributed by atoms with Crippen LogP contribution in [0.25, 0.3) is 0 Å². The molecule has 0 atom stereocenters. The second-order valence-corrected chi connectivity index (χ2v) is 3.73. The zero-order valence-electron chi connectivity index (χ0n) is 7.74. The number of anilines is 1. The van der Waals surface area contributed by atoms with E-state index >= 15 is 0 Å². The molecule has 0 bridgehead atoms. The lowest BCUT2D eigenvalue weighted by atomic mass is 10.0. The molecule has 0 unspecified atom stereocenters. The molecule has 1 saturated carbocycles. The van der Waals surface area contributed by atoms with Crippen LogP contribution >= 0.6 is 0 Å². The molecule has 0 aliphatic heterocycles. The van der Waals surface area contributed by atoms with Crippen molar-refractivity contribution < 1.29 is 17.6 Å². The molecule has 1 aromatic rings. The van der Waals surface area contributed by atoms with Crippen molar-refractivity contribution in [3.05, 3.63) is 29.1 Å². The molecular weight excluding hydrogens is 210 g/mol. The summed E-state index contributed by atoms with van der Waals surface area (Å²) in [5.41, 5.74) is 4.29. The van der Waals surface area contributed by atoms with Crippen molar-refractivity contribution >= 4 is 5.69 Å². The molecule has 0 saturated heterocycles. The van der Waals surface area contributed by atoms with E-state index in [0.29, 0.717) is 11.6 Å². The van der Waals surface area contributed by atoms with E-state index in [1.807, 2.05) is 0 Å². The van der Waals surface area contributed by atoms with Crippen LogP contribution in [0.1, 0.15) is 29.9 Å². The summed E-state index contributed by atoms with van der Waals surface area (Å²) in [5.74, 6) is -0.875. The van der Waals surface area contributed by atoms with Crippen LogP contribution in [-0.2, 0) is 6.18 Å². The Morgan fingerprint density at radius 2 is 1.80 bits per heavy atom. The number of nitrogens with two attached hydrogens (primary N) is 1. The summed E-state index contributed by atoms with van der Waals surface area (Å²) in [4.78, 5) is 0. The Bertz CT molecular complexity index is 393. The largest absolute Gasteiger partial charge is 0.418 e. The minimum absolute atomic E-state index is 0.00167. The molecule has 82 valence electrons. The quantitative estimate of drug-likeness (QED) is 0.569. The molecular formula is C10H9F4N. The van der Waals surface area contributed by atoms with Gasteiger partial charge in [0.2, 0.25) is 0 Å². The Labute approximate surface area is 83.9 Å². The second kappa shape index (κ2) is 3.12. The first kappa shape index (κ1) is 10.3. The van der Waals surface area contributed by atoms with Crippen molar-refractivity contribution in [1.29, 1.82) is 0 Å². The third kappa shape index (κ3) is 1.91. The smallest absolute Gasteiger partial charge is 0.398 e. The molecule has 15 heavy (non-hydrogen) atoms. The van der Waals surface area contributed by atoms with Gasteiger partial charge in [0.05, 0.1) is 5.56 Å². The maximum atomic E-state index is 13.0. The van der Waals surface area contributed by atoms with Gasteiger partial charge in [-0.15, -0.1) is 0 Å². The maximum absolute atomic E-state index is 13.0. The van der Waals surface area contributed by atoms with Crippen molar-refractivity contribution in [2.45, 2.75) is 24.9 Å². The molecule has 0 aromatic heterocycles. The van der Waals surface area contributed by atoms with E-state index in [0.717, 1.165) is 18.9 Å². The Hall–Kier alpha value is -1.26. The van der Waals surface area contributed by atoms with Crippen LogP contribution in [0.5, 0.6) is 0 Å². The molecule has 2 N–H and O–H groups in total. The highest BCUT2D eigenvalue weighted by atomic mass is 19.4. The summed E-state index contributed by atoms with van der Waals surface area (Å²) >= 11 is 0. The van der Waals surface area contributed by atoms with Crippen LogP contribution in [-0.4, -0.2) is 0 Å². The van der Waals surface area contributed by atoms with Gasteiger partial charge in [0.15, 0.2) is 0 Å². The van der Waals surface area contributed by atoms with Crippen molar-refractivity contribution in [2.75, 3.05) is 5.73 Å². The Kier molecular flexibility index (Phi) is 2.13. The van der Waals surface area contributed by atoms with Gasteiger partial charge < -0.3 is 5.73 Å². The van der Waals surface area contributed by atoms with Crippen LogP contribution in [0.2, 0.25) is 0 Å². The minimum atomic E-state index is -4.59. The first-order chi connectivity index (χ1) is 6.89. The van der Waals surface area contributed by atoms with Gasteiger partial charge in [0, 0.05) is 5.69 Å². The lowest BCUT2D eigenvalue weighted by molar-refractivity contribution is -0.137. The van der Waals surface area contributed by atoms with Gasteiger partial charge in [-0.3, -0.25) is 0 Å². The molecule has 0 amide bonds. The van der Waals surface area contributed by atoms with Gasteiger partial charge in [0.1, 0.15) is 5.82 Å². The Morgan fingerprint density at radius 3 is 2.27 bits per heavy atom. The summed E-state index contributed by atoms with van der Waals surface area (Å²) in [6, 6.07) is 1.55. The van der Waals surface area contributed by atoms with Crippen molar-refractivity contribution in [2.24, 2.45) is 0 Å². The Balaban J connectivity index is 2.54. The lowest BCUT2D eigenvalue weighted by Gasteiger charge is -2.13. The highest BCUT2D eigenvalue weighted by Crippen LogP contribution is 2.46. The predicted molar refractivity (Wildman–Crippen MR) is 47.8 cm³/mol. The molecule has 0 heterocycles. The zero-order valence-corrected chi connectivity index (χ0v) is 7.74. The van der Waals surface area contributed by atoms with Gasteiger partial charge in [-0.25, -0.2) is 4.39 Å². The van der Waals surface area contributed by atoms with Crippen molar-refractivity contribution in [1.82, 2.24) is 0 Å². The average Bonchev–Trinajstić information content (AvgIpc) is 2.89. The van der Waals surface area contributed by atoms with Crippen LogP contribution in [0.15, 0.2) is 12.1 Å². The van der Waals surface area contributed by atoms with E-state index < -0.39 is 17.6 Å². The third-order valence-corrected chi connectivity index (χ3v) is 2.50. The van der Waals surface area contributed by atoms with Crippen LogP contribution < -0.4 is 5.73 Å². The minimum Gasteiger partial charge on any atom is -0.398 e. The molecule has 0 radical (unpaired) electrons. The lowest BCUT2D eigenvalue weighted by Crippen LogP contribution is -2.11. The predicted octanol–water partition coefficient (Wildman–Crippen LogP) is 3.30. The SMILES string of the molecule is Nc1c(C2CC2)cc(F)cc1C(F)(F)F. The van der Waals surface area contributed by atoms with Gasteiger partial charge in [-0.05, 0) is 36.5 Å². The second-order valence-electron chi connectivity index (χ2n) is 3.73. The topological polar surface area (TPSA) is 26.0 Å². The molecule has 1 aromatic carbocycles. The molecule has 0 spiro atoms. The zero-order chi connectivity index (χ0) is 11.2. The number of hydrogen-bond donors (Lipinski definition) is 1. The number of benzene rings is 1. The van der Waals surface area contributed by atoms with Crippen molar-refractivity contribution in [3.8, 4) is 0 Å². The summed E-state index contributed by atoms with van der Waals surface area (Å²) in [5, 5.41) is 0. The molecule has 5 heteroatoms. The van der Waals surface area contributed by atoms with Gasteiger partial charge >= 0.3 is 6.18 Å². The molecule has 1 aliphatic carbocycles. The van der Waals surface area contributed by atoms with E-state index in [1.54, 1.807) is 0 Å². The van der Waals surface area contributed by atoms with E-state index in [1.165, 1.54) is 0 Å². The number of halogens is 4. The normalized spacial score (nSPS) is 16.8. The van der Waals surface area contributed by atoms with E-state index in [9.17, 15) is 17.6 Å². The number of rotatable bonds is 1. The maximum Gasteiger partial charge on any atom is 0.418 e. The van der Waals surface area contributed by atoms with Crippen LogP contribution in [0, 0.1) is 5.82 Å². The van der Waals surface area contributed by atoms with E-state index in [2.05, 4.69) is 0 Å². The van der Waals surface area contributed by atoms with E-state index in [4.69, 9.17) is 5.73 Å². The highest BCUT2D eigenvalue weighted by molar-refractivity contribution is 5.57. The molecule has 1 nitrogen and oxygen atoms in total. The monoisotopic (exact) mass is 219 g/mol. The van der Waals surface area contributed by atoms with E-state index in [-0.39, 0.29) is 11.6 Å². The number of alkyl halides is 3. The fourth-order valence-electron chi connectivity index (χ4n) is 1.61. The standard InChI is InChI=1S/C10H9F4N/c11-6-3-7(5-1-2-5)9(15)8(4-6)10(12,13)14/h3-5H,1-2,15H2. The fraction of sp³-hybridized carbons (Fsp3) is 0.400. The first-order valence-electron chi connectivity index (χ1n) is 4.55. The summed E-state index contributed by atoms with van der Waals surface area (Å²) in [6.45, 7) is 0. The summed E-state index contributed by atoms with van der Waals surface area (Å²) in [6.07, 6.45) is -3.02. The summed E-state index contributed by atoms with van der Waals surface area (Å²) < 4.78 is 50.3. The van der Waals surface area contributed by atoms with Gasteiger partial charge in [-0.1, -0.05) is 0 Å². The fourth-order valence-corrected chi connectivity index (χ4v) is 1.61. The number of nitrogen functional groups attached to an aromatic ring is 1. The molecule has 1 fully saturated rings. The third-order valence-electron chi connectivity index (χ3n) is 2.50. The number of hydrogen-bond acceptors (Lipinski definition) is 1. The van der Waals surface area contributed by atoms with Crippen LogP contribution in [0.3, 0.4) is 0 Å². The first-order valence-corrected chi connectivity index (χ1v) is 4.55. The van der Waals surface area contributed by atoms with Crippen LogP contribution in [0.4, 0.5) is 23.2 Å². The average molecular weight is 219 g/mol. The van der Waals surface area contributed by atoms with Crippen molar-refractivity contribution in [3.63, 3.8) is 0 Å². The highest BCUT2D eigenvalue weighted by Gasteiger charge is 2.37. The van der Waals surface area contributed by atoms with Gasteiger partial charge in [-0.2, -0.15) is 13.2 Å². The Morgan fingerprint density at radius 1 is 1.20 bits per heavy atom.